The van der Waals surface area contributed by atoms with Crippen molar-refractivity contribution in [3.05, 3.63) is 18.0 Å². The van der Waals surface area contributed by atoms with Gasteiger partial charge in [-0.05, 0) is 18.3 Å². The van der Waals surface area contributed by atoms with Crippen molar-refractivity contribution < 1.29 is 4.79 Å². The highest BCUT2D eigenvalue weighted by Crippen LogP contribution is 2.37. The van der Waals surface area contributed by atoms with Crippen LogP contribution in [0.15, 0.2) is 12.4 Å². The molecule has 0 radical (unpaired) electrons. The molecule has 1 amide bonds. The Hall–Kier alpha value is -1.36. The number of hydrogen-bond acceptors (Lipinski definition) is 3. The minimum Gasteiger partial charge on any atom is -0.351 e. The zero-order chi connectivity index (χ0) is 13.3. The first-order chi connectivity index (χ1) is 8.40. The van der Waals surface area contributed by atoms with Gasteiger partial charge in [-0.25, -0.2) is 0 Å². The fraction of sp³-hybridized carbons (Fsp3) is 0.692. The molecule has 1 fully saturated rings. The highest BCUT2D eigenvalue weighted by Gasteiger charge is 2.36. The van der Waals surface area contributed by atoms with E-state index in [1.165, 1.54) is 6.42 Å². The van der Waals surface area contributed by atoms with Gasteiger partial charge in [0.1, 0.15) is 6.04 Å². The van der Waals surface area contributed by atoms with E-state index in [4.69, 9.17) is 5.73 Å². The molecule has 1 heterocycles. The van der Waals surface area contributed by atoms with Crippen molar-refractivity contribution in [1.29, 1.82) is 0 Å². The molecule has 100 valence electrons. The molecule has 0 aliphatic heterocycles. The Morgan fingerprint density at radius 2 is 2.39 bits per heavy atom. The second kappa shape index (κ2) is 4.72. The van der Waals surface area contributed by atoms with Crippen molar-refractivity contribution in [2.45, 2.75) is 45.2 Å². The molecule has 2 atom stereocenters. The van der Waals surface area contributed by atoms with Crippen LogP contribution in [0.4, 0.5) is 0 Å². The van der Waals surface area contributed by atoms with E-state index in [2.05, 4.69) is 24.3 Å². The van der Waals surface area contributed by atoms with Gasteiger partial charge in [-0.3, -0.25) is 9.48 Å². The number of rotatable bonds is 3. The Morgan fingerprint density at radius 1 is 1.67 bits per heavy atom. The fourth-order valence-corrected chi connectivity index (χ4v) is 2.61. The summed E-state index contributed by atoms with van der Waals surface area (Å²) in [5.41, 5.74) is 6.88. The average Bonchev–Trinajstić information content (AvgIpc) is 2.85. The number of aromatic nitrogens is 2. The predicted molar refractivity (Wildman–Crippen MR) is 69.7 cm³/mol. The zero-order valence-electron chi connectivity index (χ0n) is 11.3. The van der Waals surface area contributed by atoms with Gasteiger partial charge in [0.05, 0.1) is 6.20 Å². The summed E-state index contributed by atoms with van der Waals surface area (Å²) in [4.78, 5) is 12.1. The fourth-order valence-electron chi connectivity index (χ4n) is 2.61. The maximum absolute atomic E-state index is 12.1. The van der Waals surface area contributed by atoms with Crippen LogP contribution in [0.25, 0.3) is 0 Å². The Morgan fingerprint density at radius 3 is 2.89 bits per heavy atom. The molecule has 1 aliphatic carbocycles. The maximum Gasteiger partial charge on any atom is 0.241 e. The van der Waals surface area contributed by atoms with Crippen molar-refractivity contribution in [1.82, 2.24) is 15.1 Å². The van der Waals surface area contributed by atoms with Crippen molar-refractivity contribution in [3.8, 4) is 0 Å². The van der Waals surface area contributed by atoms with Gasteiger partial charge >= 0.3 is 0 Å². The monoisotopic (exact) mass is 250 g/mol. The molecule has 1 aliphatic rings. The van der Waals surface area contributed by atoms with E-state index in [9.17, 15) is 4.79 Å². The number of aryl methyl sites for hydroxylation is 1. The molecule has 5 heteroatoms. The van der Waals surface area contributed by atoms with E-state index in [1.54, 1.807) is 17.1 Å². The minimum atomic E-state index is -0.630. The zero-order valence-corrected chi connectivity index (χ0v) is 11.3. The third-order valence-electron chi connectivity index (χ3n) is 3.94. The number of carbonyl (C=O) groups excluding carboxylic acids is 1. The molecule has 1 aromatic heterocycles. The molecule has 1 aromatic rings. The Kier molecular flexibility index (Phi) is 3.43. The number of nitrogens with one attached hydrogen (secondary N) is 1. The summed E-state index contributed by atoms with van der Waals surface area (Å²) < 4.78 is 1.65. The Balaban J connectivity index is 2.00. The van der Waals surface area contributed by atoms with Gasteiger partial charge in [0, 0.05) is 24.8 Å². The molecule has 1 saturated carbocycles. The number of nitrogens with zero attached hydrogens (tertiary/aromatic N) is 2. The Labute approximate surface area is 108 Å². The largest absolute Gasteiger partial charge is 0.351 e. The lowest BCUT2D eigenvalue weighted by molar-refractivity contribution is -0.123. The lowest BCUT2D eigenvalue weighted by Gasteiger charge is -2.28. The first kappa shape index (κ1) is 13.1. The third kappa shape index (κ3) is 2.56. The summed E-state index contributed by atoms with van der Waals surface area (Å²) in [6, 6.07) is -0.400. The number of carbonyl (C=O) groups is 1. The molecule has 0 saturated heterocycles. The second-order valence-corrected chi connectivity index (χ2v) is 5.87. The normalized spacial score (nSPS) is 23.9. The van der Waals surface area contributed by atoms with Crippen LogP contribution in [0.1, 0.15) is 44.7 Å². The van der Waals surface area contributed by atoms with Crippen LogP contribution < -0.4 is 11.1 Å². The summed E-state index contributed by atoms with van der Waals surface area (Å²) in [7, 11) is 1.81. The maximum atomic E-state index is 12.1. The average molecular weight is 250 g/mol. The van der Waals surface area contributed by atoms with Gasteiger partial charge in [-0.1, -0.05) is 20.3 Å². The van der Waals surface area contributed by atoms with Crippen molar-refractivity contribution in [2.75, 3.05) is 0 Å². The molecule has 2 unspecified atom stereocenters. The lowest BCUT2D eigenvalue weighted by atomic mass is 9.87. The molecular formula is C13H22N4O. The highest BCUT2D eigenvalue weighted by molar-refractivity contribution is 5.83. The SMILES string of the molecule is Cn1cc(C(N)C(=O)NC2CCCC2(C)C)cn1. The highest BCUT2D eigenvalue weighted by atomic mass is 16.2. The van der Waals surface area contributed by atoms with Crippen molar-refractivity contribution >= 4 is 5.91 Å². The van der Waals surface area contributed by atoms with E-state index in [0.29, 0.717) is 0 Å². The summed E-state index contributed by atoms with van der Waals surface area (Å²) in [5.74, 6) is -0.108. The second-order valence-electron chi connectivity index (χ2n) is 5.87. The van der Waals surface area contributed by atoms with Crippen LogP contribution in [0.2, 0.25) is 0 Å². The quantitative estimate of drug-likeness (QED) is 0.844. The van der Waals surface area contributed by atoms with E-state index in [-0.39, 0.29) is 17.4 Å². The summed E-state index contributed by atoms with van der Waals surface area (Å²) in [6.45, 7) is 4.39. The van der Waals surface area contributed by atoms with E-state index >= 15 is 0 Å². The predicted octanol–water partition coefficient (Wildman–Crippen LogP) is 1.11. The Bertz CT molecular complexity index is 438. The third-order valence-corrected chi connectivity index (χ3v) is 3.94. The van der Waals surface area contributed by atoms with Gasteiger partial charge in [0.25, 0.3) is 0 Å². The van der Waals surface area contributed by atoms with Crippen LogP contribution in [0.5, 0.6) is 0 Å². The van der Waals surface area contributed by atoms with E-state index < -0.39 is 6.04 Å². The summed E-state index contributed by atoms with van der Waals surface area (Å²) in [5, 5.41) is 7.11. The van der Waals surface area contributed by atoms with E-state index in [0.717, 1.165) is 18.4 Å². The van der Waals surface area contributed by atoms with Gasteiger partial charge in [-0.2, -0.15) is 5.10 Å². The first-order valence-corrected chi connectivity index (χ1v) is 6.44. The minimum absolute atomic E-state index is 0.108. The number of nitrogens with two attached hydrogens (primary N) is 1. The van der Waals surface area contributed by atoms with Crippen molar-refractivity contribution in [2.24, 2.45) is 18.2 Å². The van der Waals surface area contributed by atoms with Crippen LogP contribution in [0.3, 0.4) is 0 Å². The molecular weight excluding hydrogens is 228 g/mol. The van der Waals surface area contributed by atoms with Crippen LogP contribution >= 0.6 is 0 Å². The first-order valence-electron chi connectivity index (χ1n) is 6.44. The van der Waals surface area contributed by atoms with Crippen molar-refractivity contribution in [3.63, 3.8) is 0 Å². The molecule has 0 aromatic carbocycles. The molecule has 0 bridgehead atoms. The number of amides is 1. The van der Waals surface area contributed by atoms with Gasteiger partial charge < -0.3 is 11.1 Å². The molecule has 5 nitrogen and oxygen atoms in total. The van der Waals surface area contributed by atoms with E-state index in [1.807, 2.05) is 7.05 Å². The van der Waals surface area contributed by atoms with Gasteiger partial charge in [0.2, 0.25) is 5.91 Å². The van der Waals surface area contributed by atoms with Gasteiger partial charge in [0.15, 0.2) is 0 Å². The smallest absolute Gasteiger partial charge is 0.241 e. The van der Waals surface area contributed by atoms with Crippen LogP contribution in [-0.2, 0) is 11.8 Å². The molecule has 18 heavy (non-hydrogen) atoms. The summed E-state index contributed by atoms with van der Waals surface area (Å²) >= 11 is 0. The van der Waals surface area contributed by atoms with Crippen LogP contribution in [0, 0.1) is 5.41 Å². The standard InChI is InChI=1S/C13H22N4O/c1-13(2)6-4-5-10(13)16-12(18)11(14)9-7-15-17(3)8-9/h7-8,10-11H,4-6,14H2,1-3H3,(H,16,18). The summed E-state index contributed by atoms with van der Waals surface area (Å²) in [6.07, 6.45) is 6.78. The topological polar surface area (TPSA) is 72.9 Å². The van der Waals surface area contributed by atoms with Gasteiger partial charge in [-0.15, -0.1) is 0 Å². The molecule has 0 spiro atoms. The van der Waals surface area contributed by atoms with Crippen LogP contribution in [-0.4, -0.2) is 21.7 Å². The molecule has 3 N–H and O–H groups in total. The molecule has 2 rings (SSSR count). The lowest BCUT2D eigenvalue weighted by Crippen LogP contribution is -2.45. The number of hydrogen-bond donors (Lipinski definition) is 2.